The Kier molecular flexibility index (Phi) is 10.6. The van der Waals surface area contributed by atoms with Crippen molar-refractivity contribution < 1.29 is 23.7 Å². The highest BCUT2D eigenvalue weighted by molar-refractivity contribution is 7.99. The van der Waals surface area contributed by atoms with Crippen LogP contribution in [-0.2, 0) is 6.54 Å². The van der Waals surface area contributed by atoms with Crippen molar-refractivity contribution in [3.63, 3.8) is 0 Å². The summed E-state index contributed by atoms with van der Waals surface area (Å²) in [7, 11) is 6.47. The lowest BCUT2D eigenvalue weighted by molar-refractivity contribution is 0.0953. The molecular weight excluding hydrogens is 538 g/mol. The highest BCUT2D eigenvalue weighted by Crippen LogP contribution is 2.37. The van der Waals surface area contributed by atoms with E-state index in [1.807, 2.05) is 36.4 Å². The zero-order valence-electron chi connectivity index (χ0n) is 24.2. The molecule has 0 aliphatic carbocycles. The number of nitrogens with zero attached hydrogens (tertiary/aromatic N) is 2. The van der Waals surface area contributed by atoms with Gasteiger partial charge in [0.2, 0.25) is 0 Å². The summed E-state index contributed by atoms with van der Waals surface area (Å²) >= 11 is 1.70. The average molecular weight is 576 g/mol. The summed E-state index contributed by atoms with van der Waals surface area (Å²) in [6.45, 7) is 3.54. The van der Waals surface area contributed by atoms with E-state index in [1.165, 1.54) is 0 Å². The molecule has 0 aliphatic rings. The van der Waals surface area contributed by atoms with Crippen LogP contribution in [0.2, 0.25) is 0 Å². The van der Waals surface area contributed by atoms with Crippen LogP contribution in [0.4, 0.5) is 0 Å². The van der Waals surface area contributed by atoms with Gasteiger partial charge in [0.1, 0.15) is 23.0 Å². The Balaban J connectivity index is 1.52. The number of benzene rings is 3. The maximum atomic E-state index is 12.7. The molecule has 1 aromatic heterocycles. The third-order valence-electron chi connectivity index (χ3n) is 6.56. The topological polar surface area (TPSA) is 83.8 Å². The molecule has 41 heavy (non-hydrogen) atoms. The van der Waals surface area contributed by atoms with Crippen molar-refractivity contribution >= 4 is 17.7 Å². The van der Waals surface area contributed by atoms with Crippen LogP contribution in [0.25, 0.3) is 22.5 Å². The molecule has 0 saturated carbocycles. The molecule has 9 heteroatoms. The summed E-state index contributed by atoms with van der Waals surface area (Å²) in [5.74, 6) is 3.40. The number of aromatic nitrogens is 2. The summed E-state index contributed by atoms with van der Waals surface area (Å²) in [5.41, 5.74) is 4.59. The van der Waals surface area contributed by atoms with Crippen LogP contribution in [0, 0.1) is 0 Å². The summed E-state index contributed by atoms with van der Waals surface area (Å²) < 4.78 is 23.6. The van der Waals surface area contributed by atoms with E-state index in [0.717, 1.165) is 64.3 Å². The Morgan fingerprint density at radius 2 is 1.37 bits per heavy atom. The number of hydrogen-bond donors (Lipinski definition) is 1. The molecule has 0 bridgehead atoms. The van der Waals surface area contributed by atoms with Crippen molar-refractivity contribution in [2.45, 2.75) is 31.5 Å². The second-order valence-electron chi connectivity index (χ2n) is 9.26. The molecule has 0 spiro atoms. The fourth-order valence-electron chi connectivity index (χ4n) is 4.44. The number of carbonyl (C=O) groups excluding carboxylic acids is 1. The van der Waals surface area contributed by atoms with Crippen LogP contribution in [-0.4, -0.2) is 56.2 Å². The van der Waals surface area contributed by atoms with Crippen molar-refractivity contribution in [1.82, 2.24) is 14.9 Å². The van der Waals surface area contributed by atoms with Gasteiger partial charge >= 0.3 is 0 Å². The second kappa shape index (κ2) is 14.5. The summed E-state index contributed by atoms with van der Waals surface area (Å²) in [4.78, 5) is 17.9. The van der Waals surface area contributed by atoms with Crippen LogP contribution < -0.4 is 24.3 Å². The molecule has 3 aromatic carbocycles. The third-order valence-corrected chi connectivity index (χ3v) is 7.62. The van der Waals surface area contributed by atoms with Gasteiger partial charge < -0.3 is 28.8 Å². The molecule has 0 aliphatic heterocycles. The number of carbonyl (C=O) groups is 1. The monoisotopic (exact) mass is 575 g/mol. The van der Waals surface area contributed by atoms with E-state index in [1.54, 1.807) is 58.4 Å². The van der Waals surface area contributed by atoms with Crippen molar-refractivity contribution in [3.8, 4) is 45.5 Å². The number of imidazole rings is 1. The molecule has 1 amide bonds. The number of hydrogen-bond acceptors (Lipinski definition) is 7. The molecule has 0 radical (unpaired) electrons. The molecule has 1 N–H and O–H groups in total. The standard InChI is InChI=1S/C32H37N3O5S/c1-6-17-35-30(23-10-14-26(38-3)15-11-23)29(22-8-12-25(37-2)13-9-22)34-32(35)41-18-7-16-33-31(36)24-19-27(39-4)21-28(20-24)40-5/h8-15,19-21H,6-7,16-18H2,1-5H3,(H,33,36). The molecule has 4 rings (SSSR count). The van der Waals surface area contributed by atoms with Gasteiger partial charge in [-0.15, -0.1) is 0 Å². The lowest BCUT2D eigenvalue weighted by Gasteiger charge is -2.13. The second-order valence-corrected chi connectivity index (χ2v) is 10.3. The first-order valence-electron chi connectivity index (χ1n) is 13.5. The van der Waals surface area contributed by atoms with Crippen LogP contribution in [0.15, 0.2) is 71.9 Å². The highest BCUT2D eigenvalue weighted by atomic mass is 32.2. The molecule has 0 fully saturated rings. The van der Waals surface area contributed by atoms with E-state index < -0.39 is 0 Å². The van der Waals surface area contributed by atoms with Gasteiger partial charge in [0.25, 0.3) is 5.91 Å². The van der Waals surface area contributed by atoms with E-state index in [0.29, 0.717) is 23.6 Å². The SMILES string of the molecule is CCCn1c(SCCCNC(=O)c2cc(OC)cc(OC)c2)nc(-c2ccc(OC)cc2)c1-c1ccc(OC)cc1. The summed E-state index contributed by atoms with van der Waals surface area (Å²) in [5, 5.41) is 3.95. The zero-order valence-corrected chi connectivity index (χ0v) is 25.0. The van der Waals surface area contributed by atoms with E-state index in [-0.39, 0.29) is 5.91 Å². The molecular formula is C32H37N3O5S. The van der Waals surface area contributed by atoms with Crippen LogP contribution >= 0.6 is 11.8 Å². The van der Waals surface area contributed by atoms with E-state index >= 15 is 0 Å². The molecule has 0 atom stereocenters. The Labute approximate surface area is 246 Å². The first kappa shape index (κ1) is 29.9. The number of nitrogens with one attached hydrogen (secondary N) is 1. The minimum atomic E-state index is -0.164. The van der Waals surface area contributed by atoms with Crippen molar-refractivity contribution in [2.75, 3.05) is 40.7 Å². The fraction of sp³-hybridized carbons (Fsp3) is 0.312. The van der Waals surface area contributed by atoms with Gasteiger partial charge in [-0.3, -0.25) is 4.79 Å². The fourth-order valence-corrected chi connectivity index (χ4v) is 5.41. The van der Waals surface area contributed by atoms with Gasteiger partial charge in [-0.2, -0.15) is 0 Å². The number of ether oxygens (including phenoxy) is 4. The molecule has 1 heterocycles. The lowest BCUT2D eigenvalue weighted by atomic mass is 10.0. The van der Waals surface area contributed by atoms with E-state index in [9.17, 15) is 4.79 Å². The quantitative estimate of drug-likeness (QED) is 0.134. The van der Waals surface area contributed by atoms with Gasteiger partial charge in [-0.05, 0) is 73.5 Å². The minimum absolute atomic E-state index is 0.164. The maximum absolute atomic E-state index is 12.7. The number of amides is 1. The van der Waals surface area contributed by atoms with Gasteiger partial charge in [-0.1, -0.05) is 18.7 Å². The number of rotatable bonds is 14. The van der Waals surface area contributed by atoms with Crippen LogP contribution in [0.5, 0.6) is 23.0 Å². The van der Waals surface area contributed by atoms with Gasteiger partial charge in [0, 0.05) is 41.6 Å². The van der Waals surface area contributed by atoms with Crippen molar-refractivity contribution in [2.24, 2.45) is 0 Å². The molecule has 0 saturated heterocycles. The first-order valence-corrected chi connectivity index (χ1v) is 14.5. The third kappa shape index (κ3) is 7.35. The minimum Gasteiger partial charge on any atom is -0.497 e. The van der Waals surface area contributed by atoms with Gasteiger partial charge in [-0.25, -0.2) is 4.98 Å². The number of methoxy groups -OCH3 is 4. The largest absolute Gasteiger partial charge is 0.497 e. The summed E-state index contributed by atoms with van der Waals surface area (Å²) in [6, 6.07) is 21.3. The Morgan fingerprint density at radius 1 is 0.805 bits per heavy atom. The van der Waals surface area contributed by atoms with Crippen LogP contribution in [0.1, 0.15) is 30.1 Å². The first-order chi connectivity index (χ1) is 20.0. The lowest BCUT2D eigenvalue weighted by Crippen LogP contribution is -2.24. The predicted molar refractivity (Wildman–Crippen MR) is 164 cm³/mol. The Morgan fingerprint density at radius 3 is 1.90 bits per heavy atom. The van der Waals surface area contributed by atoms with Crippen molar-refractivity contribution in [3.05, 3.63) is 72.3 Å². The Bertz CT molecular complexity index is 1410. The molecule has 216 valence electrons. The number of thioether (sulfide) groups is 1. The average Bonchev–Trinajstić information content (AvgIpc) is 3.38. The molecule has 8 nitrogen and oxygen atoms in total. The summed E-state index contributed by atoms with van der Waals surface area (Å²) in [6.07, 6.45) is 1.75. The predicted octanol–water partition coefficient (Wildman–Crippen LogP) is 6.57. The highest BCUT2D eigenvalue weighted by Gasteiger charge is 2.20. The van der Waals surface area contributed by atoms with Crippen LogP contribution in [0.3, 0.4) is 0 Å². The smallest absolute Gasteiger partial charge is 0.251 e. The molecule has 0 unspecified atom stereocenters. The Hall–Kier alpha value is -4.11. The van der Waals surface area contributed by atoms with Gasteiger partial charge in [0.15, 0.2) is 5.16 Å². The van der Waals surface area contributed by atoms with E-state index in [4.69, 9.17) is 23.9 Å². The maximum Gasteiger partial charge on any atom is 0.251 e. The van der Waals surface area contributed by atoms with E-state index in [2.05, 4.69) is 28.9 Å². The van der Waals surface area contributed by atoms with Crippen molar-refractivity contribution in [1.29, 1.82) is 0 Å². The normalized spacial score (nSPS) is 10.8. The van der Waals surface area contributed by atoms with Gasteiger partial charge in [0.05, 0.1) is 39.8 Å². The zero-order chi connectivity index (χ0) is 29.2. The molecule has 4 aromatic rings.